The summed E-state index contributed by atoms with van der Waals surface area (Å²) in [5, 5.41) is 2.94. The summed E-state index contributed by atoms with van der Waals surface area (Å²) < 4.78 is 12.6. The minimum atomic E-state index is -0.120. The molecule has 2 aliphatic rings. The molecule has 164 valence electrons. The zero-order valence-corrected chi connectivity index (χ0v) is 19.4. The third kappa shape index (κ3) is 5.10. The van der Waals surface area contributed by atoms with Gasteiger partial charge in [0.2, 0.25) is 5.71 Å². The molecule has 1 aromatic carbocycles. The number of hydrogen-bond donors (Lipinski definition) is 1. The van der Waals surface area contributed by atoms with Crippen LogP contribution in [0.3, 0.4) is 0 Å². The highest BCUT2D eigenvalue weighted by atomic mass is 32.2. The van der Waals surface area contributed by atoms with Gasteiger partial charge in [-0.2, -0.15) is 4.58 Å². The number of nitrogens with zero attached hydrogens (tertiary/aromatic N) is 1. The van der Waals surface area contributed by atoms with Crippen molar-refractivity contribution in [2.75, 3.05) is 20.8 Å². The van der Waals surface area contributed by atoms with E-state index < -0.39 is 0 Å². The second-order valence-corrected chi connectivity index (χ2v) is 8.60. The number of ether oxygens (including phenoxy) is 2. The van der Waals surface area contributed by atoms with E-state index in [4.69, 9.17) is 9.47 Å². The van der Waals surface area contributed by atoms with E-state index in [9.17, 15) is 9.59 Å². The molecule has 0 saturated heterocycles. The molecule has 0 bridgehead atoms. The molecule has 2 unspecified atom stereocenters. The summed E-state index contributed by atoms with van der Waals surface area (Å²) in [7, 11) is 3.34. The monoisotopic (exact) mass is 441 g/mol. The summed E-state index contributed by atoms with van der Waals surface area (Å²) in [4.78, 5) is 26.1. The van der Waals surface area contributed by atoms with Crippen molar-refractivity contribution in [1.82, 2.24) is 5.32 Å². The van der Waals surface area contributed by atoms with Crippen molar-refractivity contribution < 1.29 is 23.6 Å². The van der Waals surface area contributed by atoms with Gasteiger partial charge in [0.1, 0.15) is 17.2 Å². The molecule has 0 radical (unpaired) electrons. The van der Waals surface area contributed by atoms with Crippen molar-refractivity contribution in [1.29, 1.82) is 0 Å². The average Bonchev–Trinajstić information content (AvgIpc) is 2.78. The van der Waals surface area contributed by atoms with Crippen LogP contribution in [0.1, 0.15) is 32.8 Å². The lowest BCUT2D eigenvalue weighted by atomic mass is 10.0. The molecule has 1 aliphatic heterocycles. The van der Waals surface area contributed by atoms with Crippen LogP contribution in [0.15, 0.2) is 46.9 Å². The maximum Gasteiger partial charge on any atom is 0.425 e. The Kier molecular flexibility index (Phi) is 7.38. The number of thioether (sulfide) groups is 1. The number of methoxy groups -OCH3 is 1. The van der Waals surface area contributed by atoms with Crippen LogP contribution in [0.2, 0.25) is 0 Å². The van der Waals surface area contributed by atoms with Crippen molar-refractivity contribution in [3.63, 3.8) is 0 Å². The molecule has 2 atom stereocenters. The number of nitrogens with one attached hydrogen (secondary N) is 1. The molecular weight excluding hydrogens is 412 g/mol. The maximum absolute atomic E-state index is 13.0. The Morgan fingerprint density at radius 2 is 2.10 bits per heavy atom. The van der Waals surface area contributed by atoms with Gasteiger partial charge in [0.05, 0.1) is 13.7 Å². The normalized spacial score (nSPS) is 20.3. The molecule has 31 heavy (non-hydrogen) atoms. The fourth-order valence-corrected chi connectivity index (χ4v) is 4.50. The summed E-state index contributed by atoms with van der Waals surface area (Å²) in [5.41, 5.74) is 2.24. The molecule has 2 amide bonds. The van der Waals surface area contributed by atoms with Gasteiger partial charge in [0, 0.05) is 17.7 Å². The number of benzene rings is 1. The SMILES string of the molecule is CCOc1ccc(/C=C2/SC3C=CC(C(=O)NC(C)CC)=CC3=[N+](C)C2=O)cc1OC. The minimum absolute atomic E-state index is 0.0290. The van der Waals surface area contributed by atoms with Gasteiger partial charge in [-0.25, -0.2) is 4.79 Å². The molecule has 0 saturated carbocycles. The smallest absolute Gasteiger partial charge is 0.425 e. The number of allylic oxidation sites excluding steroid dienone is 1. The van der Waals surface area contributed by atoms with Crippen LogP contribution < -0.4 is 14.8 Å². The van der Waals surface area contributed by atoms with E-state index in [1.165, 1.54) is 11.8 Å². The summed E-state index contributed by atoms with van der Waals surface area (Å²) >= 11 is 1.48. The highest BCUT2D eigenvalue weighted by Crippen LogP contribution is 2.35. The second kappa shape index (κ2) is 10.0. The summed E-state index contributed by atoms with van der Waals surface area (Å²) in [6.45, 7) is 6.47. The van der Waals surface area contributed by atoms with Crippen molar-refractivity contribution >= 4 is 35.4 Å². The summed E-state index contributed by atoms with van der Waals surface area (Å²) in [6.07, 6.45) is 8.34. The average molecular weight is 442 g/mol. The third-order valence-corrected chi connectivity index (χ3v) is 6.44. The van der Waals surface area contributed by atoms with Gasteiger partial charge in [-0.1, -0.05) is 36.9 Å². The number of carbonyl (C=O) groups excluding carboxylic acids is 2. The van der Waals surface area contributed by atoms with Crippen LogP contribution in [0.4, 0.5) is 0 Å². The first kappa shape index (κ1) is 22.9. The summed E-state index contributed by atoms with van der Waals surface area (Å²) in [6, 6.07) is 5.71. The Bertz CT molecular complexity index is 1010. The number of hydrogen-bond acceptors (Lipinski definition) is 5. The zero-order chi connectivity index (χ0) is 22.5. The van der Waals surface area contributed by atoms with Gasteiger partial charge >= 0.3 is 5.91 Å². The molecule has 0 spiro atoms. The fourth-order valence-electron chi connectivity index (χ4n) is 3.28. The lowest BCUT2D eigenvalue weighted by molar-refractivity contribution is -0.413. The maximum atomic E-state index is 13.0. The standard InChI is InChI=1S/C24H28N2O4S/c1-6-15(3)25-23(27)17-9-11-21-18(14-17)26(4)24(28)22(31-21)13-16-8-10-19(30-7-2)20(12-16)29-5/h8-15,21H,6-7H2,1-5H3/p+1/b22-13+. The number of rotatable bonds is 7. The lowest BCUT2D eigenvalue weighted by Crippen LogP contribution is -2.38. The molecule has 1 N–H and O–H groups in total. The molecule has 0 fully saturated rings. The number of carbonyl (C=O) groups is 2. The van der Waals surface area contributed by atoms with Gasteiger partial charge in [0.25, 0.3) is 5.91 Å². The van der Waals surface area contributed by atoms with Crippen molar-refractivity contribution in [3.8, 4) is 11.5 Å². The van der Waals surface area contributed by atoms with E-state index in [1.807, 2.05) is 63.3 Å². The van der Waals surface area contributed by atoms with E-state index in [2.05, 4.69) is 5.32 Å². The van der Waals surface area contributed by atoms with Crippen LogP contribution in [0.25, 0.3) is 6.08 Å². The molecule has 7 heteroatoms. The molecular formula is C24H29N2O4S+. The Balaban J connectivity index is 1.87. The number of fused-ring (bicyclic) bond motifs is 1. The predicted octanol–water partition coefficient (Wildman–Crippen LogP) is 3.57. The Morgan fingerprint density at radius 1 is 1.32 bits per heavy atom. The molecule has 1 aromatic rings. The van der Waals surface area contributed by atoms with Crippen LogP contribution in [-0.4, -0.2) is 54.2 Å². The van der Waals surface area contributed by atoms with E-state index in [-0.39, 0.29) is 23.1 Å². The van der Waals surface area contributed by atoms with Gasteiger partial charge < -0.3 is 14.8 Å². The highest BCUT2D eigenvalue weighted by Gasteiger charge is 2.38. The van der Waals surface area contributed by atoms with Crippen molar-refractivity contribution in [2.24, 2.45) is 0 Å². The molecule has 1 heterocycles. The quantitative estimate of drug-likeness (QED) is 0.518. The van der Waals surface area contributed by atoms with Crippen LogP contribution >= 0.6 is 11.8 Å². The predicted molar refractivity (Wildman–Crippen MR) is 125 cm³/mol. The minimum Gasteiger partial charge on any atom is -0.493 e. The highest BCUT2D eigenvalue weighted by molar-refractivity contribution is 8.05. The third-order valence-electron chi connectivity index (χ3n) is 5.24. The molecule has 3 rings (SSSR count). The van der Waals surface area contributed by atoms with Crippen LogP contribution in [-0.2, 0) is 9.59 Å². The fraction of sp³-hybridized carbons (Fsp3) is 0.375. The van der Waals surface area contributed by atoms with E-state index in [0.717, 1.165) is 17.7 Å². The zero-order valence-electron chi connectivity index (χ0n) is 18.6. The van der Waals surface area contributed by atoms with Crippen LogP contribution in [0.5, 0.6) is 11.5 Å². The second-order valence-electron chi connectivity index (χ2n) is 7.42. The molecule has 6 nitrogen and oxygen atoms in total. The lowest BCUT2D eigenvalue weighted by Gasteiger charge is -2.21. The first-order valence-electron chi connectivity index (χ1n) is 10.4. The van der Waals surface area contributed by atoms with E-state index in [0.29, 0.717) is 28.6 Å². The van der Waals surface area contributed by atoms with E-state index in [1.54, 1.807) is 18.7 Å². The number of likely N-dealkylation sites (N-methyl/N-ethyl adjacent to an activating group) is 1. The molecule has 1 aliphatic carbocycles. The molecule has 0 aromatic heterocycles. The number of amides is 2. The first-order valence-corrected chi connectivity index (χ1v) is 11.3. The van der Waals surface area contributed by atoms with Crippen LogP contribution in [0, 0.1) is 0 Å². The topological polar surface area (TPSA) is 67.6 Å². The largest absolute Gasteiger partial charge is 0.493 e. The Hall–Kier alpha value is -2.80. The van der Waals surface area contributed by atoms with Crippen molar-refractivity contribution in [3.05, 3.63) is 52.5 Å². The van der Waals surface area contributed by atoms with Gasteiger partial charge in [0.15, 0.2) is 11.5 Å². The Morgan fingerprint density at radius 3 is 2.77 bits per heavy atom. The van der Waals surface area contributed by atoms with Crippen molar-refractivity contribution in [2.45, 2.75) is 38.5 Å². The Labute approximate surface area is 187 Å². The van der Waals surface area contributed by atoms with Gasteiger partial charge in [-0.3, -0.25) is 4.79 Å². The summed E-state index contributed by atoms with van der Waals surface area (Å²) in [5.74, 6) is 1.08. The van der Waals surface area contributed by atoms with Gasteiger partial charge in [-0.05, 0) is 44.0 Å². The van der Waals surface area contributed by atoms with E-state index >= 15 is 0 Å². The first-order chi connectivity index (χ1) is 14.9. The van der Waals surface area contributed by atoms with Gasteiger partial charge in [-0.15, -0.1) is 0 Å².